The van der Waals surface area contributed by atoms with E-state index in [-0.39, 0.29) is 29.5 Å². The Kier molecular flexibility index (Phi) is 11.1. The topological polar surface area (TPSA) is 86.8 Å². The Morgan fingerprint density at radius 3 is 2.18 bits per heavy atom. The molecule has 0 unspecified atom stereocenters. The Labute approximate surface area is 263 Å². The lowest BCUT2D eigenvalue weighted by molar-refractivity contribution is -0.140. The normalized spacial score (nSPS) is 11.9. The number of hydrogen-bond acceptors (Lipinski definition) is 4. The maximum absolute atomic E-state index is 14.4. The van der Waals surface area contributed by atoms with Crippen LogP contribution in [0.1, 0.15) is 30.0 Å². The van der Waals surface area contributed by atoms with Crippen LogP contribution in [-0.2, 0) is 32.6 Å². The molecule has 4 aromatic rings. The molecular weight excluding hydrogens is 601 g/mol. The molecule has 2 amide bonds. The number of aryl methyl sites for hydroxylation is 1. The third-order valence-electron chi connectivity index (χ3n) is 7.06. The smallest absolute Gasteiger partial charge is 0.264 e. The molecule has 0 saturated heterocycles. The third-order valence-corrected chi connectivity index (χ3v) is 9.09. The molecule has 4 aromatic carbocycles. The van der Waals surface area contributed by atoms with Crippen LogP contribution < -0.4 is 9.62 Å². The summed E-state index contributed by atoms with van der Waals surface area (Å²) in [6.07, 6.45) is 0.892. The molecule has 0 saturated carbocycles. The molecule has 0 bridgehead atoms. The summed E-state index contributed by atoms with van der Waals surface area (Å²) in [7, 11) is -4.27. The molecule has 0 aliphatic heterocycles. The summed E-state index contributed by atoms with van der Waals surface area (Å²) in [5.41, 5.74) is 2.47. The van der Waals surface area contributed by atoms with Crippen molar-refractivity contribution in [3.8, 4) is 0 Å². The van der Waals surface area contributed by atoms with Crippen molar-refractivity contribution in [3.63, 3.8) is 0 Å². The molecule has 7 nitrogen and oxygen atoms in total. The van der Waals surface area contributed by atoms with E-state index in [0.29, 0.717) is 23.6 Å². The minimum atomic E-state index is -4.27. The highest BCUT2D eigenvalue weighted by atomic mass is 35.5. The Balaban J connectivity index is 1.79. The number of anilines is 1. The summed E-state index contributed by atoms with van der Waals surface area (Å²) < 4.78 is 42.8. The van der Waals surface area contributed by atoms with Crippen molar-refractivity contribution in [2.75, 3.05) is 17.4 Å². The highest BCUT2D eigenvalue weighted by Gasteiger charge is 2.34. The van der Waals surface area contributed by atoms with Gasteiger partial charge in [0.05, 0.1) is 10.6 Å². The molecule has 0 radical (unpaired) electrons. The standard InChI is InChI=1S/C34H35ClFN3O4S/c1-3-20-37-34(41)32(22-26-8-5-4-6-9-26)38(23-27-10-7-11-28(35)21-27)33(40)24-39(30-16-14-29(36)15-17-30)44(42,43)31-18-12-25(2)13-19-31/h4-19,21,32H,3,20,22-24H2,1-2H3,(H,37,41)/t32-/m1/s1. The molecular formula is C34H35ClFN3O4S. The van der Waals surface area contributed by atoms with Crippen molar-refractivity contribution in [1.29, 1.82) is 0 Å². The number of sulfonamides is 1. The Morgan fingerprint density at radius 1 is 0.886 bits per heavy atom. The number of nitrogens with zero attached hydrogens (tertiary/aromatic N) is 2. The van der Waals surface area contributed by atoms with Crippen molar-refractivity contribution >= 4 is 39.1 Å². The number of halogens is 2. The maximum Gasteiger partial charge on any atom is 0.264 e. The minimum absolute atomic E-state index is 0.00171. The molecule has 10 heteroatoms. The van der Waals surface area contributed by atoms with E-state index < -0.39 is 34.3 Å². The molecule has 0 fully saturated rings. The van der Waals surface area contributed by atoms with Crippen LogP contribution in [0.3, 0.4) is 0 Å². The quantitative estimate of drug-likeness (QED) is 0.191. The van der Waals surface area contributed by atoms with Gasteiger partial charge in [0.25, 0.3) is 10.0 Å². The number of amides is 2. The lowest BCUT2D eigenvalue weighted by atomic mass is 10.0. The van der Waals surface area contributed by atoms with Crippen LogP contribution in [0.2, 0.25) is 5.02 Å². The van der Waals surface area contributed by atoms with Gasteiger partial charge in [-0.25, -0.2) is 12.8 Å². The first-order valence-electron chi connectivity index (χ1n) is 14.3. The van der Waals surface area contributed by atoms with Crippen molar-refractivity contribution in [1.82, 2.24) is 10.2 Å². The van der Waals surface area contributed by atoms with Crippen LogP contribution in [0.25, 0.3) is 0 Å². The van der Waals surface area contributed by atoms with Gasteiger partial charge in [-0.1, -0.05) is 78.7 Å². The molecule has 1 atom stereocenters. The van der Waals surface area contributed by atoms with Crippen LogP contribution in [0, 0.1) is 12.7 Å². The van der Waals surface area contributed by atoms with Gasteiger partial charge in [-0.15, -0.1) is 0 Å². The Hall–Kier alpha value is -4.21. The predicted molar refractivity (Wildman–Crippen MR) is 171 cm³/mol. The van der Waals surface area contributed by atoms with Gasteiger partial charge >= 0.3 is 0 Å². The van der Waals surface area contributed by atoms with Gasteiger partial charge in [0, 0.05) is 24.5 Å². The lowest BCUT2D eigenvalue weighted by Gasteiger charge is -2.34. The fourth-order valence-electron chi connectivity index (χ4n) is 4.73. The SMILES string of the molecule is CCCNC(=O)[C@@H](Cc1ccccc1)N(Cc1cccc(Cl)c1)C(=O)CN(c1ccc(F)cc1)S(=O)(=O)c1ccc(C)cc1. The van der Waals surface area contributed by atoms with Crippen LogP contribution in [-0.4, -0.2) is 44.3 Å². The average Bonchev–Trinajstić information content (AvgIpc) is 3.01. The van der Waals surface area contributed by atoms with Crippen LogP contribution in [0.4, 0.5) is 10.1 Å². The Bertz CT molecular complexity index is 1670. The zero-order valence-electron chi connectivity index (χ0n) is 24.6. The van der Waals surface area contributed by atoms with E-state index >= 15 is 0 Å². The highest BCUT2D eigenvalue weighted by molar-refractivity contribution is 7.92. The van der Waals surface area contributed by atoms with E-state index in [9.17, 15) is 22.4 Å². The van der Waals surface area contributed by atoms with Crippen molar-refractivity contribution in [3.05, 3.63) is 131 Å². The minimum Gasteiger partial charge on any atom is -0.354 e. The summed E-state index contributed by atoms with van der Waals surface area (Å²) in [5.74, 6) is -1.52. The zero-order valence-corrected chi connectivity index (χ0v) is 26.2. The van der Waals surface area contributed by atoms with Gasteiger partial charge < -0.3 is 10.2 Å². The molecule has 230 valence electrons. The summed E-state index contributed by atoms with van der Waals surface area (Å²) in [6, 6.07) is 26.4. The molecule has 0 aliphatic carbocycles. The van der Waals surface area contributed by atoms with E-state index in [0.717, 1.165) is 27.6 Å². The first-order valence-corrected chi connectivity index (χ1v) is 16.1. The third kappa shape index (κ3) is 8.45. The largest absolute Gasteiger partial charge is 0.354 e. The number of carbonyl (C=O) groups excluding carboxylic acids is 2. The molecule has 44 heavy (non-hydrogen) atoms. The second kappa shape index (κ2) is 15.0. The molecule has 0 aliphatic rings. The van der Waals surface area contributed by atoms with Crippen LogP contribution in [0.15, 0.2) is 108 Å². The van der Waals surface area contributed by atoms with Gasteiger partial charge in [0.1, 0.15) is 18.4 Å². The second-order valence-electron chi connectivity index (χ2n) is 10.4. The molecule has 0 aromatic heterocycles. The number of benzene rings is 4. The van der Waals surface area contributed by atoms with Gasteiger partial charge in [-0.3, -0.25) is 13.9 Å². The molecule has 0 spiro atoms. The number of hydrogen-bond donors (Lipinski definition) is 1. The first-order chi connectivity index (χ1) is 21.1. The monoisotopic (exact) mass is 635 g/mol. The summed E-state index contributed by atoms with van der Waals surface area (Å²) >= 11 is 6.26. The fourth-order valence-corrected chi connectivity index (χ4v) is 6.35. The lowest BCUT2D eigenvalue weighted by Crippen LogP contribution is -2.53. The fraction of sp³-hybridized carbons (Fsp3) is 0.235. The number of nitrogens with one attached hydrogen (secondary N) is 1. The molecule has 1 N–H and O–H groups in total. The average molecular weight is 636 g/mol. The number of carbonyl (C=O) groups is 2. The summed E-state index contributed by atoms with van der Waals surface area (Å²) in [4.78, 5) is 29.4. The van der Waals surface area contributed by atoms with E-state index in [1.807, 2.05) is 44.2 Å². The maximum atomic E-state index is 14.4. The van der Waals surface area contributed by atoms with Crippen LogP contribution in [0.5, 0.6) is 0 Å². The van der Waals surface area contributed by atoms with Crippen molar-refractivity contribution < 1.29 is 22.4 Å². The van der Waals surface area contributed by atoms with Gasteiger partial charge in [0.2, 0.25) is 11.8 Å². The first kappa shape index (κ1) is 32.7. The number of rotatable bonds is 13. The predicted octanol–water partition coefficient (Wildman–Crippen LogP) is 6.15. The highest BCUT2D eigenvalue weighted by Crippen LogP contribution is 2.26. The Morgan fingerprint density at radius 2 is 1.55 bits per heavy atom. The van der Waals surface area contributed by atoms with E-state index in [1.165, 1.54) is 29.2 Å². The van der Waals surface area contributed by atoms with E-state index in [1.54, 1.807) is 36.4 Å². The van der Waals surface area contributed by atoms with Gasteiger partial charge in [0.15, 0.2) is 0 Å². The summed E-state index contributed by atoms with van der Waals surface area (Å²) in [5, 5.41) is 3.36. The molecule has 0 heterocycles. The van der Waals surface area contributed by atoms with Crippen molar-refractivity contribution in [2.24, 2.45) is 0 Å². The molecule has 4 rings (SSSR count). The van der Waals surface area contributed by atoms with E-state index in [2.05, 4.69) is 5.32 Å². The van der Waals surface area contributed by atoms with Crippen molar-refractivity contribution in [2.45, 2.75) is 44.2 Å². The van der Waals surface area contributed by atoms with Gasteiger partial charge in [-0.2, -0.15) is 0 Å². The van der Waals surface area contributed by atoms with E-state index in [4.69, 9.17) is 11.6 Å². The summed E-state index contributed by atoms with van der Waals surface area (Å²) in [6.45, 7) is 3.54. The zero-order chi connectivity index (χ0) is 31.7. The van der Waals surface area contributed by atoms with Crippen LogP contribution >= 0.6 is 11.6 Å². The second-order valence-corrected chi connectivity index (χ2v) is 12.7. The van der Waals surface area contributed by atoms with Gasteiger partial charge in [-0.05, 0) is 73.0 Å².